The molecule has 1 aliphatic heterocycles. The minimum atomic E-state index is -0.165. The van der Waals surface area contributed by atoms with E-state index < -0.39 is 0 Å². The van der Waals surface area contributed by atoms with Gasteiger partial charge in [0.25, 0.3) is 0 Å². The van der Waals surface area contributed by atoms with Gasteiger partial charge in [-0.15, -0.1) is 0 Å². The number of nitrogens with two attached hydrogens (primary N) is 1. The molecule has 0 amide bonds. The molecule has 0 aliphatic carbocycles. The zero-order chi connectivity index (χ0) is 14.7. The highest BCUT2D eigenvalue weighted by atomic mass is 35.5. The lowest BCUT2D eigenvalue weighted by atomic mass is 9.96. The largest absolute Gasteiger partial charge is 0.393 e. The van der Waals surface area contributed by atoms with Crippen molar-refractivity contribution in [3.63, 3.8) is 0 Å². The summed E-state index contributed by atoms with van der Waals surface area (Å²) in [5.74, 6) is 0.328. The average molecular weight is 317 g/mol. The summed E-state index contributed by atoms with van der Waals surface area (Å²) >= 11 is 12.2. The van der Waals surface area contributed by atoms with E-state index in [9.17, 15) is 5.11 Å². The first-order valence-corrected chi connectivity index (χ1v) is 7.84. The first kappa shape index (κ1) is 16.1. The molecular formula is C15H22Cl2N2O. The first-order valence-electron chi connectivity index (χ1n) is 7.09. The Bertz CT molecular complexity index is 455. The van der Waals surface area contributed by atoms with Crippen LogP contribution in [0.2, 0.25) is 10.0 Å². The number of hydrogen-bond acceptors (Lipinski definition) is 3. The number of aliphatic hydroxyl groups excluding tert-OH is 1. The average Bonchev–Trinajstić information content (AvgIpc) is 2.43. The van der Waals surface area contributed by atoms with E-state index >= 15 is 0 Å². The summed E-state index contributed by atoms with van der Waals surface area (Å²) in [5.41, 5.74) is 7.13. The van der Waals surface area contributed by atoms with Crippen LogP contribution in [0.1, 0.15) is 31.4 Å². The van der Waals surface area contributed by atoms with Crippen molar-refractivity contribution in [3.8, 4) is 0 Å². The van der Waals surface area contributed by atoms with Crippen LogP contribution >= 0.6 is 23.2 Å². The Morgan fingerprint density at radius 1 is 1.45 bits per heavy atom. The summed E-state index contributed by atoms with van der Waals surface area (Å²) in [6, 6.07) is 5.47. The Morgan fingerprint density at radius 3 is 2.90 bits per heavy atom. The third kappa shape index (κ3) is 3.86. The quantitative estimate of drug-likeness (QED) is 0.897. The number of benzene rings is 1. The van der Waals surface area contributed by atoms with Crippen LogP contribution in [0, 0.1) is 5.92 Å². The van der Waals surface area contributed by atoms with Gasteiger partial charge < -0.3 is 15.7 Å². The van der Waals surface area contributed by atoms with E-state index in [1.165, 1.54) is 0 Å². The molecule has 0 spiro atoms. The molecular weight excluding hydrogens is 295 g/mol. The molecule has 2 rings (SSSR count). The molecule has 112 valence electrons. The monoisotopic (exact) mass is 316 g/mol. The first-order chi connectivity index (χ1) is 9.49. The van der Waals surface area contributed by atoms with Gasteiger partial charge in [-0.2, -0.15) is 0 Å². The molecule has 1 aromatic carbocycles. The van der Waals surface area contributed by atoms with Crippen LogP contribution in [0.5, 0.6) is 0 Å². The SMILES string of the molecule is CC1CN(CCC(N)c2cccc(Cl)c2Cl)CCC1O. The lowest BCUT2D eigenvalue weighted by Gasteiger charge is -2.34. The molecule has 5 heteroatoms. The molecule has 1 aromatic rings. The Morgan fingerprint density at radius 2 is 2.20 bits per heavy atom. The fourth-order valence-corrected chi connectivity index (χ4v) is 3.15. The van der Waals surface area contributed by atoms with E-state index in [0.717, 1.165) is 38.0 Å². The zero-order valence-corrected chi connectivity index (χ0v) is 13.2. The maximum absolute atomic E-state index is 9.73. The maximum atomic E-state index is 9.73. The summed E-state index contributed by atoms with van der Waals surface area (Å²) in [6.45, 7) is 4.87. The molecule has 0 aromatic heterocycles. The number of piperidine rings is 1. The van der Waals surface area contributed by atoms with Crippen molar-refractivity contribution in [3.05, 3.63) is 33.8 Å². The van der Waals surface area contributed by atoms with Crippen LogP contribution in [0.25, 0.3) is 0 Å². The van der Waals surface area contributed by atoms with Crippen molar-refractivity contribution in [2.45, 2.75) is 31.9 Å². The van der Waals surface area contributed by atoms with Gasteiger partial charge in [0.05, 0.1) is 16.1 Å². The number of likely N-dealkylation sites (tertiary alicyclic amines) is 1. The number of rotatable bonds is 4. The Kier molecular flexibility index (Phi) is 5.70. The molecule has 1 fully saturated rings. The molecule has 1 heterocycles. The zero-order valence-electron chi connectivity index (χ0n) is 11.7. The smallest absolute Gasteiger partial charge is 0.0640 e. The van der Waals surface area contributed by atoms with Crippen LogP contribution in [0.15, 0.2) is 18.2 Å². The van der Waals surface area contributed by atoms with E-state index in [2.05, 4.69) is 11.8 Å². The van der Waals surface area contributed by atoms with E-state index in [1.807, 2.05) is 12.1 Å². The third-order valence-corrected chi connectivity index (χ3v) is 4.91. The highest BCUT2D eigenvalue weighted by molar-refractivity contribution is 6.42. The van der Waals surface area contributed by atoms with Gasteiger partial charge in [-0.25, -0.2) is 0 Å². The van der Waals surface area contributed by atoms with Crippen LogP contribution in [0.4, 0.5) is 0 Å². The van der Waals surface area contributed by atoms with Gasteiger partial charge in [-0.05, 0) is 36.9 Å². The van der Waals surface area contributed by atoms with Crippen molar-refractivity contribution in [2.24, 2.45) is 11.7 Å². The molecule has 0 bridgehead atoms. The predicted octanol–water partition coefficient (Wildman–Crippen LogP) is 3.09. The summed E-state index contributed by atoms with van der Waals surface area (Å²) in [5, 5.41) is 10.8. The third-order valence-electron chi connectivity index (χ3n) is 4.08. The van der Waals surface area contributed by atoms with Crippen LogP contribution in [-0.2, 0) is 0 Å². The molecule has 3 nitrogen and oxygen atoms in total. The fourth-order valence-electron chi connectivity index (χ4n) is 2.71. The van der Waals surface area contributed by atoms with E-state index in [4.69, 9.17) is 28.9 Å². The molecule has 3 N–H and O–H groups in total. The summed E-state index contributed by atoms with van der Waals surface area (Å²) in [7, 11) is 0. The highest BCUT2D eigenvalue weighted by Gasteiger charge is 2.24. The second kappa shape index (κ2) is 7.10. The van der Waals surface area contributed by atoms with Crippen molar-refractivity contribution in [2.75, 3.05) is 19.6 Å². The number of aliphatic hydroxyl groups is 1. The Hall–Kier alpha value is -0.320. The molecule has 1 saturated heterocycles. The molecule has 0 saturated carbocycles. The second-order valence-corrected chi connectivity index (χ2v) is 6.46. The number of halogens is 2. The van der Waals surface area contributed by atoms with Crippen molar-refractivity contribution < 1.29 is 5.11 Å². The normalized spacial score (nSPS) is 25.6. The molecule has 3 atom stereocenters. The summed E-state index contributed by atoms with van der Waals surface area (Å²) < 4.78 is 0. The van der Waals surface area contributed by atoms with Crippen molar-refractivity contribution >= 4 is 23.2 Å². The molecule has 3 unspecified atom stereocenters. The minimum Gasteiger partial charge on any atom is -0.393 e. The lowest BCUT2D eigenvalue weighted by molar-refractivity contribution is 0.0341. The Balaban J connectivity index is 1.89. The Labute approximate surface area is 130 Å². The minimum absolute atomic E-state index is 0.108. The molecule has 1 aliphatic rings. The number of hydrogen-bond donors (Lipinski definition) is 2. The van der Waals surface area contributed by atoms with Gasteiger partial charge in [-0.1, -0.05) is 42.3 Å². The second-order valence-electron chi connectivity index (χ2n) is 5.67. The van der Waals surface area contributed by atoms with Crippen molar-refractivity contribution in [1.29, 1.82) is 0 Å². The highest BCUT2D eigenvalue weighted by Crippen LogP contribution is 2.30. The summed E-state index contributed by atoms with van der Waals surface area (Å²) in [4.78, 5) is 2.36. The summed E-state index contributed by atoms with van der Waals surface area (Å²) in [6.07, 6.45) is 1.51. The van der Waals surface area contributed by atoms with Gasteiger partial charge in [0.15, 0.2) is 0 Å². The van der Waals surface area contributed by atoms with Gasteiger partial charge >= 0.3 is 0 Å². The van der Waals surface area contributed by atoms with Gasteiger partial charge in [0.1, 0.15) is 0 Å². The molecule has 0 radical (unpaired) electrons. The van der Waals surface area contributed by atoms with Gasteiger partial charge in [-0.3, -0.25) is 0 Å². The standard InChI is InChI=1S/C15H22Cl2N2O/c1-10-9-19(8-6-14(10)20)7-5-13(18)11-3-2-4-12(16)15(11)17/h2-4,10,13-14,20H,5-9,18H2,1H3. The van der Waals surface area contributed by atoms with Crippen LogP contribution in [0.3, 0.4) is 0 Å². The predicted molar refractivity (Wildman–Crippen MR) is 84.2 cm³/mol. The number of nitrogens with zero attached hydrogens (tertiary/aromatic N) is 1. The van der Waals surface area contributed by atoms with E-state index in [-0.39, 0.29) is 12.1 Å². The molecule has 20 heavy (non-hydrogen) atoms. The van der Waals surface area contributed by atoms with Crippen LogP contribution in [-0.4, -0.2) is 35.7 Å². The maximum Gasteiger partial charge on any atom is 0.0640 e. The topological polar surface area (TPSA) is 49.5 Å². The van der Waals surface area contributed by atoms with Gasteiger partial charge in [0, 0.05) is 19.1 Å². The van der Waals surface area contributed by atoms with E-state index in [0.29, 0.717) is 16.0 Å². The fraction of sp³-hybridized carbons (Fsp3) is 0.600. The van der Waals surface area contributed by atoms with Crippen molar-refractivity contribution in [1.82, 2.24) is 4.90 Å². The van der Waals surface area contributed by atoms with Crippen LogP contribution < -0.4 is 5.73 Å². The van der Waals surface area contributed by atoms with Gasteiger partial charge in [0.2, 0.25) is 0 Å². The lowest BCUT2D eigenvalue weighted by Crippen LogP contribution is -2.42. The van der Waals surface area contributed by atoms with E-state index in [1.54, 1.807) is 6.07 Å².